The highest BCUT2D eigenvalue weighted by molar-refractivity contribution is 6.30. The molecule has 0 spiro atoms. The summed E-state index contributed by atoms with van der Waals surface area (Å²) in [5.41, 5.74) is 3.82. The van der Waals surface area contributed by atoms with Crippen LogP contribution in [-0.2, 0) is 0 Å². The van der Waals surface area contributed by atoms with Gasteiger partial charge in [0.15, 0.2) is 0 Å². The van der Waals surface area contributed by atoms with Crippen LogP contribution in [0.3, 0.4) is 0 Å². The van der Waals surface area contributed by atoms with Crippen molar-refractivity contribution in [3.8, 4) is 22.9 Å². The Balaban J connectivity index is 1.67. The Morgan fingerprint density at radius 1 is 1.03 bits per heavy atom. The summed E-state index contributed by atoms with van der Waals surface area (Å²) in [6, 6.07) is 25.1. The lowest BCUT2D eigenvalue weighted by atomic mass is 9.93. The third kappa shape index (κ3) is 7.64. The van der Waals surface area contributed by atoms with Crippen LogP contribution in [0.1, 0.15) is 37.3 Å². The van der Waals surface area contributed by atoms with Gasteiger partial charge >= 0.3 is 6.09 Å². The first-order valence-electron chi connectivity index (χ1n) is 11.0. The lowest BCUT2D eigenvalue weighted by Gasteiger charge is -2.20. The molecule has 6 heteroatoms. The minimum atomic E-state index is -0.496. The fraction of sp³-hybridized carbons (Fsp3) is 0.259. The fourth-order valence-electron chi connectivity index (χ4n) is 3.50. The van der Waals surface area contributed by atoms with E-state index in [0.29, 0.717) is 28.9 Å². The van der Waals surface area contributed by atoms with E-state index in [-0.39, 0.29) is 5.92 Å². The Labute approximate surface area is 200 Å². The smallest absolute Gasteiger partial charge is 0.410 e. The van der Waals surface area contributed by atoms with Crippen molar-refractivity contribution in [1.82, 2.24) is 10.6 Å². The summed E-state index contributed by atoms with van der Waals surface area (Å²) in [7, 11) is 0. The summed E-state index contributed by atoms with van der Waals surface area (Å²) in [6.07, 6.45) is 0.368. The van der Waals surface area contributed by atoms with Gasteiger partial charge in [0, 0.05) is 23.5 Å². The van der Waals surface area contributed by atoms with Crippen molar-refractivity contribution >= 4 is 17.7 Å². The molecular formula is C27H28ClN3O2. The van der Waals surface area contributed by atoms with Crippen molar-refractivity contribution in [1.29, 1.82) is 5.26 Å². The molecule has 0 unspecified atom stereocenters. The van der Waals surface area contributed by atoms with E-state index >= 15 is 0 Å². The minimum absolute atomic E-state index is 0.119. The highest BCUT2D eigenvalue weighted by atomic mass is 35.5. The van der Waals surface area contributed by atoms with E-state index in [4.69, 9.17) is 21.6 Å². The molecule has 1 atom stereocenters. The van der Waals surface area contributed by atoms with E-state index in [1.165, 1.54) is 0 Å². The van der Waals surface area contributed by atoms with Crippen molar-refractivity contribution in [2.75, 3.05) is 13.1 Å². The van der Waals surface area contributed by atoms with E-state index < -0.39 is 6.09 Å². The predicted octanol–water partition coefficient (Wildman–Crippen LogP) is 6.14. The number of hydrogen-bond acceptors (Lipinski definition) is 4. The van der Waals surface area contributed by atoms with Crippen molar-refractivity contribution in [2.24, 2.45) is 0 Å². The molecule has 170 valence electrons. The monoisotopic (exact) mass is 461 g/mol. The lowest BCUT2D eigenvalue weighted by molar-refractivity contribution is 0.199. The van der Waals surface area contributed by atoms with Gasteiger partial charge in [-0.1, -0.05) is 61.8 Å². The summed E-state index contributed by atoms with van der Waals surface area (Å²) < 4.78 is 5.35. The van der Waals surface area contributed by atoms with Gasteiger partial charge in [0.1, 0.15) is 5.75 Å². The number of amides is 1. The Kier molecular flexibility index (Phi) is 8.88. The molecule has 0 aromatic heterocycles. The molecular weight excluding hydrogens is 434 g/mol. The number of benzene rings is 3. The summed E-state index contributed by atoms with van der Waals surface area (Å²) in [4.78, 5) is 12.3. The quantitative estimate of drug-likeness (QED) is 0.401. The van der Waals surface area contributed by atoms with Crippen LogP contribution in [-0.4, -0.2) is 25.2 Å². The molecule has 0 aliphatic heterocycles. The topological polar surface area (TPSA) is 74.2 Å². The van der Waals surface area contributed by atoms with Crippen LogP contribution < -0.4 is 15.4 Å². The standard InChI is InChI=1S/C27H28ClN3O2/c1-19(2)30-15-14-24(18-31-27(32)33-26-12-10-25(28)11-13-26)22-8-6-21(7-9-22)23-5-3-4-20(16-23)17-29/h3-13,16,19,24,30H,14-15,18H2,1-2H3,(H,31,32)/t24-/m0/s1. The molecule has 0 radical (unpaired) electrons. The highest BCUT2D eigenvalue weighted by Crippen LogP contribution is 2.25. The largest absolute Gasteiger partial charge is 0.412 e. The third-order valence-corrected chi connectivity index (χ3v) is 5.52. The third-order valence-electron chi connectivity index (χ3n) is 5.27. The maximum atomic E-state index is 12.3. The van der Waals surface area contributed by atoms with Gasteiger partial charge in [0.2, 0.25) is 0 Å². The maximum Gasteiger partial charge on any atom is 0.412 e. The van der Waals surface area contributed by atoms with Gasteiger partial charge in [-0.15, -0.1) is 0 Å². The second-order valence-electron chi connectivity index (χ2n) is 8.13. The van der Waals surface area contributed by atoms with E-state index in [9.17, 15) is 4.79 Å². The van der Waals surface area contributed by atoms with Crippen LogP contribution in [0.5, 0.6) is 5.75 Å². The molecule has 0 bridgehead atoms. The fourth-order valence-corrected chi connectivity index (χ4v) is 3.63. The minimum Gasteiger partial charge on any atom is -0.410 e. The number of carbonyl (C=O) groups excluding carboxylic acids is 1. The first-order chi connectivity index (χ1) is 15.9. The summed E-state index contributed by atoms with van der Waals surface area (Å²) >= 11 is 5.88. The number of halogens is 1. The highest BCUT2D eigenvalue weighted by Gasteiger charge is 2.15. The number of rotatable bonds is 9. The number of nitrogens with one attached hydrogen (secondary N) is 2. The zero-order chi connectivity index (χ0) is 23.6. The van der Waals surface area contributed by atoms with E-state index in [1.807, 2.05) is 18.2 Å². The van der Waals surface area contributed by atoms with Gasteiger partial charge < -0.3 is 15.4 Å². The molecule has 0 fully saturated rings. The SMILES string of the molecule is CC(C)NCC[C@@H](CNC(=O)Oc1ccc(Cl)cc1)c1ccc(-c2cccc(C#N)c2)cc1. The number of ether oxygens (including phenoxy) is 1. The van der Waals surface area contributed by atoms with Gasteiger partial charge in [0.05, 0.1) is 11.6 Å². The maximum absolute atomic E-state index is 12.3. The van der Waals surface area contributed by atoms with Gasteiger partial charge in [-0.25, -0.2) is 4.79 Å². The molecule has 5 nitrogen and oxygen atoms in total. The molecule has 3 rings (SSSR count). The normalized spacial score (nSPS) is 11.6. The summed E-state index contributed by atoms with van der Waals surface area (Å²) in [5.74, 6) is 0.562. The molecule has 33 heavy (non-hydrogen) atoms. The van der Waals surface area contributed by atoms with Crippen LogP contribution in [0.25, 0.3) is 11.1 Å². The summed E-state index contributed by atoms with van der Waals surface area (Å²) in [6.45, 7) is 5.51. The Morgan fingerprint density at radius 3 is 2.42 bits per heavy atom. The second kappa shape index (κ2) is 12.1. The molecule has 1 amide bonds. The second-order valence-corrected chi connectivity index (χ2v) is 8.57. The molecule has 0 heterocycles. The van der Waals surface area contributed by atoms with Crippen molar-refractivity contribution in [3.63, 3.8) is 0 Å². The Bertz CT molecular complexity index is 1090. The van der Waals surface area contributed by atoms with Crippen molar-refractivity contribution in [2.45, 2.75) is 32.2 Å². The number of nitriles is 1. The summed E-state index contributed by atoms with van der Waals surface area (Å²) in [5, 5.41) is 16.1. The number of nitrogens with zero attached hydrogens (tertiary/aromatic N) is 1. The molecule has 0 saturated heterocycles. The molecule has 0 saturated carbocycles. The number of carbonyl (C=O) groups is 1. The van der Waals surface area contributed by atoms with Crippen LogP contribution in [0, 0.1) is 11.3 Å². The average Bonchev–Trinajstić information content (AvgIpc) is 2.82. The molecule has 2 N–H and O–H groups in total. The van der Waals surface area contributed by atoms with Crippen LogP contribution in [0.15, 0.2) is 72.8 Å². The Morgan fingerprint density at radius 2 is 1.76 bits per heavy atom. The van der Waals surface area contributed by atoms with Crippen molar-refractivity contribution < 1.29 is 9.53 Å². The zero-order valence-electron chi connectivity index (χ0n) is 18.8. The Hall–Kier alpha value is -3.33. The average molecular weight is 462 g/mol. The van der Waals surface area contributed by atoms with Crippen LogP contribution >= 0.6 is 11.6 Å². The molecule has 0 aliphatic carbocycles. The first-order valence-corrected chi connectivity index (χ1v) is 11.4. The van der Waals surface area contributed by atoms with Crippen molar-refractivity contribution in [3.05, 3.63) is 88.9 Å². The number of hydrogen-bond donors (Lipinski definition) is 2. The predicted molar refractivity (Wildman–Crippen MR) is 133 cm³/mol. The lowest BCUT2D eigenvalue weighted by Crippen LogP contribution is -2.33. The molecule has 0 aliphatic rings. The first kappa shape index (κ1) is 24.3. The van der Waals surface area contributed by atoms with Crippen LogP contribution in [0.2, 0.25) is 5.02 Å². The zero-order valence-corrected chi connectivity index (χ0v) is 19.6. The van der Waals surface area contributed by atoms with E-state index in [0.717, 1.165) is 29.7 Å². The van der Waals surface area contributed by atoms with Gasteiger partial charge in [-0.3, -0.25) is 0 Å². The van der Waals surface area contributed by atoms with E-state index in [2.05, 4.69) is 54.8 Å². The molecule has 3 aromatic carbocycles. The van der Waals surface area contributed by atoms with Gasteiger partial charge in [0.25, 0.3) is 0 Å². The van der Waals surface area contributed by atoms with Gasteiger partial charge in [-0.2, -0.15) is 5.26 Å². The van der Waals surface area contributed by atoms with Gasteiger partial charge in [-0.05, 0) is 66.1 Å². The van der Waals surface area contributed by atoms with Crippen LogP contribution in [0.4, 0.5) is 4.79 Å². The molecule has 3 aromatic rings. The van der Waals surface area contributed by atoms with E-state index in [1.54, 1.807) is 30.3 Å².